The monoisotopic (exact) mass is 450 g/mol. The van der Waals surface area contributed by atoms with Gasteiger partial charge in [0.25, 0.3) is 0 Å². The predicted octanol–water partition coefficient (Wildman–Crippen LogP) is 4.31. The molecule has 1 amide bonds. The summed E-state index contributed by atoms with van der Waals surface area (Å²) in [5.41, 5.74) is 1.30. The maximum atomic E-state index is 12.9. The summed E-state index contributed by atoms with van der Waals surface area (Å²) in [4.78, 5) is 12.7. The molecular weight excluding hydrogens is 424 g/mol. The normalized spacial score (nSPS) is 17.7. The average molecular weight is 451 g/mol. The Morgan fingerprint density at radius 1 is 1.23 bits per heavy atom. The van der Waals surface area contributed by atoms with E-state index >= 15 is 0 Å². The lowest BCUT2D eigenvalue weighted by Crippen LogP contribution is -2.44. The van der Waals surface area contributed by atoms with E-state index in [0.29, 0.717) is 35.7 Å². The van der Waals surface area contributed by atoms with Crippen molar-refractivity contribution in [3.05, 3.63) is 59.1 Å². The van der Waals surface area contributed by atoms with Gasteiger partial charge in [0.2, 0.25) is 15.9 Å². The van der Waals surface area contributed by atoms with Crippen LogP contribution in [0.4, 0.5) is 5.69 Å². The van der Waals surface area contributed by atoms with Crippen LogP contribution in [0.1, 0.15) is 32.3 Å². The smallest absolute Gasteiger partial charge is 0.228 e. The first-order chi connectivity index (χ1) is 14.2. The summed E-state index contributed by atoms with van der Waals surface area (Å²) < 4.78 is 32.7. The molecule has 1 atom stereocenters. The van der Waals surface area contributed by atoms with E-state index in [1.807, 2.05) is 13.8 Å². The molecule has 8 heteroatoms. The molecule has 0 saturated carbocycles. The van der Waals surface area contributed by atoms with Gasteiger partial charge in [-0.05, 0) is 68.7 Å². The number of hydrogen-bond acceptors (Lipinski definition) is 4. The molecule has 1 saturated heterocycles. The number of piperidine rings is 1. The van der Waals surface area contributed by atoms with Crippen LogP contribution in [0.15, 0.2) is 48.5 Å². The first-order valence-electron chi connectivity index (χ1n) is 10.0. The Morgan fingerprint density at radius 3 is 2.63 bits per heavy atom. The predicted molar refractivity (Wildman–Crippen MR) is 119 cm³/mol. The zero-order valence-electron chi connectivity index (χ0n) is 17.2. The number of carbonyl (C=O) groups excluding carboxylic acids is 1. The summed E-state index contributed by atoms with van der Waals surface area (Å²) >= 11 is 5.97. The molecule has 3 rings (SSSR count). The van der Waals surface area contributed by atoms with E-state index in [1.54, 1.807) is 48.5 Å². The molecule has 1 aliphatic heterocycles. The van der Waals surface area contributed by atoms with E-state index < -0.39 is 10.0 Å². The lowest BCUT2D eigenvalue weighted by molar-refractivity contribution is -0.120. The minimum Gasteiger partial charge on any atom is -0.491 e. The minimum atomic E-state index is -3.53. The second-order valence-electron chi connectivity index (χ2n) is 7.76. The highest BCUT2D eigenvalue weighted by Gasteiger charge is 2.32. The number of halogens is 1. The maximum Gasteiger partial charge on any atom is 0.228 e. The summed E-state index contributed by atoms with van der Waals surface area (Å²) in [6, 6.07) is 14.0. The number of ether oxygens (including phenoxy) is 1. The van der Waals surface area contributed by atoms with Gasteiger partial charge < -0.3 is 10.1 Å². The summed E-state index contributed by atoms with van der Waals surface area (Å²) in [6.45, 7) is 4.51. The molecule has 0 aliphatic carbocycles. The minimum absolute atomic E-state index is 0.0764. The third-order valence-electron chi connectivity index (χ3n) is 4.88. The van der Waals surface area contributed by atoms with Crippen molar-refractivity contribution in [1.29, 1.82) is 0 Å². The Balaban J connectivity index is 1.61. The standard InChI is InChI=1S/C22H27ClN2O4S/c1-16(2)29-21-10-8-20(9-11-21)24-22(26)18-6-4-12-25(14-18)30(27,28)15-17-5-3-7-19(23)13-17/h3,5,7-11,13,16,18H,4,6,12,14-15H2,1-2H3,(H,24,26). The molecule has 0 bridgehead atoms. The fourth-order valence-corrected chi connectivity index (χ4v) is 5.28. The Bertz CT molecular complexity index is 977. The molecule has 0 aromatic heterocycles. The van der Waals surface area contributed by atoms with Crippen LogP contribution < -0.4 is 10.1 Å². The first kappa shape index (κ1) is 22.6. The molecule has 2 aromatic carbocycles. The van der Waals surface area contributed by atoms with E-state index in [-0.39, 0.29) is 30.2 Å². The lowest BCUT2D eigenvalue weighted by atomic mass is 9.99. The van der Waals surface area contributed by atoms with Gasteiger partial charge in [-0.1, -0.05) is 23.7 Å². The van der Waals surface area contributed by atoms with Crippen molar-refractivity contribution in [1.82, 2.24) is 4.31 Å². The molecule has 2 aromatic rings. The van der Waals surface area contributed by atoms with Crippen LogP contribution >= 0.6 is 11.6 Å². The number of anilines is 1. The molecule has 1 heterocycles. The van der Waals surface area contributed by atoms with E-state index in [1.165, 1.54) is 4.31 Å². The van der Waals surface area contributed by atoms with Crippen LogP contribution in [0.5, 0.6) is 5.75 Å². The van der Waals surface area contributed by atoms with Crippen LogP contribution in [-0.4, -0.2) is 37.8 Å². The average Bonchev–Trinajstić information content (AvgIpc) is 2.69. The van der Waals surface area contributed by atoms with Gasteiger partial charge in [-0.25, -0.2) is 12.7 Å². The largest absolute Gasteiger partial charge is 0.491 e. The number of benzene rings is 2. The maximum absolute atomic E-state index is 12.9. The lowest BCUT2D eigenvalue weighted by Gasteiger charge is -2.31. The summed E-state index contributed by atoms with van der Waals surface area (Å²) in [6.07, 6.45) is 1.38. The van der Waals surface area contributed by atoms with Gasteiger partial charge in [0.1, 0.15) is 5.75 Å². The highest BCUT2D eigenvalue weighted by atomic mass is 35.5. The molecule has 1 unspecified atom stereocenters. The topological polar surface area (TPSA) is 75.7 Å². The van der Waals surface area contributed by atoms with Crippen LogP contribution in [0.2, 0.25) is 5.02 Å². The molecule has 1 N–H and O–H groups in total. The first-order valence-corrected chi connectivity index (χ1v) is 12.0. The van der Waals surface area contributed by atoms with Crippen molar-refractivity contribution in [3.8, 4) is 5.75 Å². The van der Waals surface area contributed by atoms with Gasteiger partial charge in [-0.2, -0.15) is 0 Å². The molecule has 0 spiro atoms. The third-order valence-corrected chi connectivity index (χ3v) is 6.93. The Morgan fingerprint density at radius 2 is 1.97 bits per heavy atom. The van der Waals surface area contributed by atoms with Crippen molar-refractivity contribution in [2.24, 2.45) is 5.92 Å². The summed E-state index contributed by atoms with van der Waals surface area (Å²) in [5, 5.41) is 3.39. The third kappa shape index (κ3) is 6.20. The number of hydrogen-bond donors (Lipinski definition) is 1. The van der Waals surface area contributed by atoms with Crippen molar-refractivity contribution >= 4 is 33.2 Å². The highest BCUT2D eigenvalue weighted by molar-refractivity contribution is 7.88. The zero-order chi connectivity index (χ0) is 21.7. The Kier molecular flexibility index (Phi) is 7.39. The van der Waals surface area contributed by atoms with Crippen molar-refractivity contribution in [3.63, 3.8) is 0 Å². The van der Waals surface area contributed by atoms with Crippen LogP contribution in [0.3, 0.4) is 0 Å². The van der Waals surface area contributed by atoms with Gasteiger partial charge in [-0.3, -0.25) is 4.79 Å². The fraction of sp³-hybridized carbons (Fsp3) is 0.409. The quantitative estimate of drug-likeness (QED) is 0.682. The Labute approximate surface area is 183 Å². The molecule has 1 fully saturated rings. The molecule has 30 heavy (non-hydrogen) atoms. The molecule has 162 valence electrons. The second kappa shape index (κ2) is 9.81. The van der Waals surface area contributed by atoms with Crippen LogP contribution in [0, 0.1) is 5.92 Å². The molecular formula is C22H27ClN2O4S. The SMILES string of the molecule is CC(C)Oc1ccc(NC(=O)C2CCCN(S(=O)(=O)Cc3cccc(Cl)c3)C2)cc1. The molecule has 6 nitrogen and oxygen atoms in total. The molecule has 0 radical (unpaired) electrons. The van der Waals surface area contributed by atoms with E-state index in [0.717, 1.165) is 5.75 Å². The highest BCUT2D eigenvalue weighted by Crippen LogP contribution is 2.24. The fourth-order valence-electron chi connectivity index (χ4n) is 3.47. The van der Waals surface area contributed by atoms with Gasteiger partial charge in [0.15, 0.2) is 0 Å². The second-order valence-corrected chi connectivity index (χ2v) is 10.2. The van der Waals surface area contributed by atoms with E-state index in [9.17, 15) is 13.2 Å². The van der Waals surface area contributed by atoms with Gasteiger partial charge >= 0.3 is 0 Å². The van der Waals surface area contributed by atoms with E-state index in [2.05, 4.69) is 5.32 Å². The number of carbonyl (C=O) groups is 1. The number of rotatable bonds is 7. The van der Waals surface area contributed by atoms with Crippen molar-refractivity contribution in [2.45, 2.75) is 38.5 Å². The number of nitrogens with zero attached hydrogens (tertiary/aromatic N) is 1. The number of nitrogens with one attached hydrogen (secondary N) is 1. The zero-order valence-corrected chi connectivity index (χ0v) is 18.7. The summed E-state index contributed by atoms with van der Waals surface area (Å²) in [7, 11) is -3.53. The van der Waals surface area contributed by atoms with Crippen molar-refractivity contribution < 1.29 is 17.9 Å². The van der Waals surface area contributed by atoms with Crippen molar-refractivity contribution in [2.75, 3.05) is 18.4 Å². The van der Waals surface area contributed by atoms with Crippen LogP contribution in [0.25, 0.3) is 0 Å². The van der Waals surface area contributed by atoms with Gasteiger partial charge in [0.05, 0.1) is 17.8 Å². The van der Waals surface area contributed by atoms with E-state index in [4.69, 9.17) is 16.3 Å². The van der Waals surface area contributed by atoms with Gasteiger partial charge in [-0.15, -0.1) is 0 Å². The van der Waals surface area contributed by atoms with Gasteiger partial charge in [0, 0.05) is 23.8 Å². The Hall–Kier alpha value is -2.09. The number of sulfonamides is 1. The van der Waals surface area contributed by atoms with Crippen LogP contribution in [-0.2, 0) is 20.6 Å². The molecule has 1 aliphatic rings. The summed E-state index contributed by atoms with van der Waals surface area (Å²) in [5.74, 6) is 0.0489. The number of amides is 1.